The van der Waals surface area contributed by atoms with Crippen molar-refractivity contribution >= 4 is 40.8 Å². The number of aliphatic hydroxyl groups is 1. The lowest BCUT2D eigenvalue weighted by atomic mass is 9.98. The lowest BCUT2D eigenvalue weighted by molar-refractivity contribution is -0.288. The fourth-order valence-corrected chi connectivity index (χ4v) is 4.80. The van der Waals surface area contributed by atoms with E-state index >= 15 is 0 Å². The fraction of sp³-hybridized carbons (Fsp3) is 0.516. The van der Waals surface area contributed by atoms with Crippen LogP contribution in [0, 0.1) is 12.3 Å². The number of fused-ring (bicyclic) bond motifs is 1. The number of rotatable bonds is 13. The molecule has 6 atom stereocenters. The zero-order chi connectivity index (χ0) is 33.3. The molecule has 244 valence electrons. The lowest BCUT2D eigenvalue weighted by Crippen LogP contribution is -2.63. The molecule has 3 rings (SSSR count). The van der Waals surface area contributed by atoms with Gasteiger partial charge in [-0.1, -0.05) is 0 Å². The molecule has 2 aromatic rings. The van der Waals surface area contributed by atoms with Gasteiger partial charge in [0.05, 0.1) is 18.6 Å². The van der Waals surface area contributed by atoms with Crippen molar-refractivity contribution in [3.05, 3.63) is 29.5 Å². The summed E-state index contributed by atoms with van der Waals surface area (Å²) in [7, 11) is 1.29. The first-order chi connectivity index (χ1) is 21.3. The number of hydrogen-bond acceptors (Lipinski definition) is 14. The third kappa shape index (κ3) is 9.44. The van der Waals surface area contributed by atoms with Crippen LogP contribution >= 0.6 is 0 Å². The Labute approximate surface area is 259 Å². The molecule has 0 aliphatic carbocycles. The van der Waals surface area contributed by atoms with E-state index in [2.05, 4.69) is 10.7 Å². The van der Waals surface area contributed by atoms with Gasteiger partial charge in [0.2, 0.25) is 12.4 Å². The van der Waals surface area contributed by atoms with Gasteiger partial charge in [-0.25, -0.2) is 0 Å². The number of aryl methyl sites for hydroxylation is 1. The van der Waals surface area contributed by atoms with Gasteiger partial charge in [0.25, 0.3) is 0 Å². The van der Waals surface area contributed by atoms with Crippen LogP contribution in [0.25, 0.3) is 11.0 Å². The standard InChI is InChI=1S/C31H36O14/c1-7-9-23(36)21-12-13-24(22-14-20(43-27(21)22)10-8-11-26(37)38-6)44-31-30(42-19(5)35)29(41-18(4)34)28(40-17(3)33)25(45-31)15-39-16(2)32/h1,12-14,23,25,28-31,36H,8-11,15H2,2-6H3/t23?,25-,28+,29+,30-,31-/m1/s1. The van der Waals surface area contributed by atoms with Crippen molar-refractivity contribution < 1.29 is 66.7 Å². The molecule has 0 amide bonds. The van der Waals surface area contributed by atoms with Gasteiger partial charge in [-0.05, 0) is 24.6 Å². The average Bonchev–Trinajstić information content (AvgIpc) is 3.39. The molecule has 14 nitrogen and oxygen atoms in total. The number of ether oxygens (including phenoxy) is 7. The van der Waals surface area contributed by atoms with Gasteiger partial charge in [0.15, 0.2) is 12.2 Å². The van der Waals surface area contributed by atoms with Gasteiger partial charge in [0.1, 0.15) is 29.8 Å². The Kier molecular flexibility index (Phi) is 12.3. The summed E-state index contributed by atoms with van der Waals surface area (Å²) >= 11 is 0. The van der Waals surface area contributed by atoms with Crippen LogP contribution < -0.4 is 4.74 Å². The molecular formula is C31H36O14. The highest BCUT2D eigenvalue weighted by Crippen LogP contribution is 2.38. The van der Waals surface area contributed by atoms with Crippen molar-refractivity contribution in [2.24, 2.45) is 0 Å². The molecule has 0 radical (unpaired) electrons. The minimum atomic E-state index is -1.49. The maximum Gasteiger partial charge on any atom is 0.305 e. The number of esters is 5. The number of terminal acetylenes is 1. The molecule has 1 N–H and O–H groups in total. The summed E-state index contributed by atoms with van der Waals surface area (Å²) in [6, 6.07) is 4.70. The van der Waals surface area contributed by atoms with Crippen LogP contribution in [-0.2, 0) is 58.8 Å². The third-order valence-corrected chi connectivity index (χ3v) is 6.62. The Morgan fingerprint density at radius 1 is 0.956 bits per heavy atom. The van der Waals surface area contributed by atoms with E-state index in [4.69, 9.17) is 39.3 Å². The molecule has 2 heterocycles. The largest absolute Gasteiger partial charge is 0.469 e. The number of methoxy groups -OCH3 is 1. The van der Waals surface area contributed by atoms with Gasteiger partial charge in [0, 0.05) is 52.5 Å². The Bertz CT molecular complexity index is 1440. The summed E-state index contributed by atoms with van der Waals surface area (Å²) in [4.78, 5) is 59.6. The highest BCUT2D eigenvalue weighted by molar-refractivity contribution is 5.88. The second kappa shape index (κ2) is 15.9. The van der Waals surface area contributed by atoms with Gasteiger partial charge < -0.3 is 42.7 Å². The molecule has 1 aliphatic heterocycles. The van der Waals surface area contributed by atoms with Crippen molar-refractivity contribution in [1.29, 1.82) is 0 Å². The molecule has 45 heavy (non-hydrogen) atoms. The highest BCUT2D eigenvalue weighted by atomic mass is 16.7. The number of carbonyl (C=O) groups excluding carboxylic acids is 5. The molecule has 1 unspecified atom stereocenters. The zero-order valence-electron chi connectivity index (χ0n) is 25.6. The molecule has 0 bridgehead atoms. The van der Waals surface area contributed by atoms with E-state index in [0.29, 0.717) is 29.6 Å². The average molecular weight is 633 g/mol. The van der Waals surface area contributed by atoms with E-state index in [1.54, 1.807) is 6.07 Å². The molecule has 0 saturated carbocycles. The van der Waals surface area contributed by atoms with Crippen molar-refractivity contribution in [1.82, 2.24) is 0 Å². The minimum absolute atomic E-state index is 0.00658. The van der Waals surface area contributed by atoms with Crippen LogP contribution in [0.5, 0.6) is 5.75 Å². The summed E-state index contributed by atoms with van der Waals surface area (Å²) in [5, 5.41) is 11.1. The zero-order valence-corrected chi connectivity index (χ0v) is 25.6. The predicted molar refractivity (Wildman–Crippen MR) is 152 cm³/mol. The Hall–Kier alpha value is -4.61. The maximum atomic E-state index is 12.2. The smallest absolute Gasteiger partial charge is 0.305 e. The Balaban J connectivity index is 2.09. The predicted octanol–water partition coefficient (Wildman–Crippen LogP) is 2.45. The Morgan fingerprint density at radius 2 is 1.60 bits per heavy atom. The van der Waals surface area contributed by atoms with Crippen molar-refractivity contribution in [2.75, 3.05) is 13.7 Å². The number of hydrogen-bond donors (Lipinski definition) is 1. The molecule has 0 spiro atoms. The second-order valence-corrected chi connectivity index (χ2v) is 10.1. The van der Waals surface area contributed by atoms with E-state index in [1.165, 1.54) is 19.2 Å². The van der Waals surface area contributed by atoms with Gasteiger partial charge in [-0.3, -0.25) is 24.0 Å². The van der Waals surface area contributed by atoms with Crippen molar-refractivity contribution in [2.45, 2.75) is 90.2 Å². The first-order valence-corrected chi connectivity index (χ1v) is 14.0. The highest BCUT2D eigenvalue weighted by Gasteiger charge is 2.53. The van der Waals surface area contributed by atoms with E-state index in [-0.39, 0.29) is 30.1 Å². The summed E-state index contributed by atoms with van der Waals surface area (Å²) in [6.07, 6.45) is -1.74. The van der Waals surface area contributed by atoms with E-state index in [0.717, 1.165) is 27.7 Å². The summed E-state index contributed by atoms with van der Waals surface area (Å²) in [6.45, 7) is 4.08. The van der Waals surface area contributed by atoms with Crippen LogP contribution in [0.3, 0.4) is 0 Å². The number of benzene rings is 1. The van der Waals surface area contributed by atoms with Gasteiger partial charge in [-0.2, -0.15) is 0 Å². The summed E-state index contributed by atoms with van der Waals surface area (Å²) < 4.78 is 44.5. The topological polar surface area (TPSA) is 183 Å². The van der Waals surface area contributed by atoms with Gasteiger partial charge >= 0.3 is 29.8 Å². The molecule has 1 aromatic heterocycles. The third-order valence-electron chi connectivity index (χ3n) is 6.62. The van der Waals surface area contributed by atoms with Crippen molar-refractivity contribution in [3.63, 3.8) is 0 Å². The minimum Gasteiger partial charge on any atom is -0.469 e. The summed E-state index contributed by atoms with van der Waals surface area (Å²) in [5.74, 6) is -0.389. The quantitative estimate of drug-likeness (QED) is 0.193. The number of carbonyl (C=O) groups is 5. The Morgan fingerprint density at radius 3 is 2.20 bits per heavy atom. The van der Waals surface area contributed by atoms with Crippen LogP contribution in [-0.4, -0.2) is 79.4 Å². The fourth-order valence-electron chi connectivity index (χ4n) is 4.80. The molecule has 1 saturated heterocycles. The SMILES string of the molecule is C#CCC(O)c1ccc(O[C@@H]2O[C@H](COC(C)=O)[C@H](OC(C)=O)[C@H](OC(C)=O)[C@H]2OC(C)=O)c2cc(CCCC(=O)OC)oc12. The maximum absolute atomic E-state index is 12.2. The van der Waals surface area contributed by atoms with Crippen LogP contribution in [0.15, 0.2) is 22.6 Å². The van der Waals surface area contributed by atoms with E-state index in [9.17, 15) is 29.1 Å². The molecule has 1 fully saturated rings. The molecular weight excluding hydrogens is 596 g/mol. The van der Waals surface area contributed by atoms with E-state index < -0.39 is 67.3 Å². The second-order valence-electron chi connectivity index (χ2n) is 10.1. The van der Waals surface area contributed by atoms with Crippen molar-refractivity contribution in [3.8, 4) is 18.1 Å². The number of furan rings is 1. The first kappa shape index (κ1) is 34.9. The van der Waals surface area contributed by atoms with Crippen LogP contribution in [0.2, 0.25) is 0 Å². The van der Waals surface area contributed by atoms with Crippen LogP contribution in [0.1, 0.15) is 64.4 Å². The summed E-state index contributed by atoms with van der Waals surface area (Å²) in [5.41, 5.74) is 0.616. The lowest BCUT2D eigenvalue weighted by Gasteiger charge is -2.44. The monoisotopic (exact) mass is 632 g/mol. The molecule has 1 aromatic carbocycles. The van der Waals surface area contributed by atoms with Crippen LogP contribution in [0.4, 0.5) is 0 Å². The van der Waals surface area contributed by atoms with Gasteiger partial charge in [-0.15, -0.1) is 12.3 Å². The number of aliphatic hydroxyl groups excluding tert-OH is 1. The van der Waals surface area contributed by atoms with E-state index in [1.807, 2.05) is 0 Å². The normalized spacial score (nSPS) is 21.6. The molecule has 14 heteroatoms. The first-order valence-electron chi connectivity index (χ1n) is 14.0. The molecule has 1 aliphatic rings.